The Morgan fingerprint density at radius 2 is 1.93 bits per heavy atom. The van der Waals surface area contributed by atoms with Crippen molar-refractivity contribution < 1.29 is 9.72 Å². The number of hydrazone groups is 1. The minimum Gasteiger partial charge on any atom is -0.272 e. The van der Waals surface area contributed by atoms with E-state index < -0.39 is 10.8 Å². The summed E-state index contributed by atoms with van der Waals surface area (Å²) in [5.41, 5.74) is 4.04. The molecule has 10 heteroatoms. The van der Waals surface area contributed by atoms with Crippen molar-refractivity contribution in [2.45, 2.75) is 0 Å². The Hall–Kier alpha value is -3.23. The van der Waals surface area contributed by atoms with Crippen LogP contribution in [0.4, 0.5) is 5.69 Å². The Balaban J connectivity index is 1.70. The lowest BCUT2D eigenvalue weighted by molar-refractivity contribution is -0.384. The minimum absolute atomic E-state index is 0.131. The molecule has 0 aliphatic heterocycles. The van der Waals surface area contributed by atoms with Gasteiger partial charge < -0.3 is 0 Å². The second-order valence-electron chi connectivity index (χ2n) is 5.34. The van der Waals surface area contributed by atoms with E-state index >= 15 is 0 Å². The van der Waals surface area contributed by atoms with Gasteiger partial charge in [-0.3, -0.25) is 20.0 Å². The number of benzene rings is 2. The first kappa shape index (κ1) is 18.6. The van der Waals surface area contributed by atoms with E-state index in [0.717, 1.165) is 5.56 Å². The number of rotatable bonds is 5. The number of halogens is 2. The molecule has 0 aliphatic carbocycles. The highest BCUT2D eigenvalue weighted by Crippen LogP contribution is 2.21. The zero-order chi connectivity index (χ0) is 19.4. The monoisotopic (exact) mass is 403 g/mol. The van der Waals surface area contributed by atoms with Crippen LogP contribution in [-0.2, 0) is 0 Å². The number of nitro groups is 1. The van der Waals surface area contributed by atoms with Crippen LogP contribution in [0.15, 0.2) is 53.6 Å². The Morgan fingerprint density at radius 1 is 1.19 bits per heavy atom. The van der Waals surface area contributed by atoms with Gasteiger partial charge in [0.2, 0.25) is 0 Å². The summed E-state index contributed by atoms with van der Waals surface area (Å²) >= 11 is 11.8. The Morgan fingerprint density at radius 3 is 2.63 bits per heavy atom. The molecular formula is C17H11Cl2N5O3. The largest absolute Gasteiger partial charge is 0.289 e. The van der Waals surface area contributed by atoms with Gasteiger partial charge in [-0.2, -0.15) is 10.2 Å². The number of nitrogens with zero attached hydrogens (tertiary/aromatic N) is 3. The zero-order valence-electron chi connectivity index (χ0n) is 13.5. The van der Waals surface area contributed by atoms with Crippen LogP contribution in [0, 0.1) is 10.1 Å². The second kappa shape index (κ2) is 7.98. The lowest BCUT2D eigenvalue weighted by atomic mass is 10.1. The third-order valence-corrected chi connectivity index (χ3v) is 4.12. The SMILES string of the molecule is O=C(N/N=C\c1cc([N+](=O)[O-])ccc1Cl)c1cc(-c2ccc(Cl)cc2)n[nH]1. The standard InChI is InChI=1S/C17H11Cl2N5O3/c18-12-3-1-10(2-4-12)15-8-16(22-21-15)17(25)23-20-9-11-7-13(24(26)27)5-6-14(11)19/h1-9H,(H,21,22)(H,23,25)/b20-9-. The normalized spacial score (nSPS) is 10.9. The molecule has 136 valence electrons. The van der Waals surface area contributed by atoms with Gasteiger partial charge in [0, 0.05) is 33.3 Å². The number of aromatic nitrogens is 2. The number of hydrogen-bond donors (Lipinski definition) is 2. The zero-order valence-corrected chi connectivity index (χ0v) is 15.0. The van der Waals surface area contributed by atoms with Crippen LogP contribution < -0.4 is 5.43 Å². The number of hydrogen-bond acceptors (Lipinski definition) is 5. The van der Waals surface area contributed by atoms with E-state index in [-0.39, 0.29) is 16.4 Å². The maximum absolute atomic E-state index is 12.1. The fourth-order valence-corrected chi connectivity index (χ4v) is 2.46. The Labute approximate surface area is 163 Å². The van der Waals surface area contributed by atoms with E-state index in [9.17, 15) is 14.9 Å². The van der Waals surface area contributed by atoms with Crippen LogP contribution in [0.3, 0.4) is 0 Å². The van der Waals surface area contributed by atoms with Gasteiger partial charge in [-0.1, -0.05) is 35.3 Å². The molecule has 8 nitrogen and oxygen atoms in total. The van der Waals surface area contributed by atoms with E-state index in [2.05, 4.69) is 20.7 Å². The van der Waals surface area contributed by atoms with Gasteiger partial charge in [0.25, 0.3) is 11.6 Å². The highest BCUT2D eigenvalue weighted by Gasteiger charge is 2.11. The smallest absolute Gasteiger partial charge is 0.272 e. The number of nitrogens with one attached hydrogen (secondary N) is 2. The molecule has 0 unspecified atom stereocenters. The predicted octanol–water partition coefficient (Wildman–Crippen LogP) is 4.06. The molecule has 1 aromatic heterocycles. The van der Waals surface area contributed by atoms with Crippen LogP contribution in [0.25, 0.3) is 11.3 Å². The van der Waals surface area contributed by atoms with Gasteiger partial charge in [-0.15, -0.1) is 0 Å². The van der Waals surface area contributed by atoms with Crippen molar-refractivity contribution in [3.8, 4) is 11.3 Å². The van der Waals surface area contributed by atoms with Crippen LogP contribution >= 0.6 is 23.2 Å². The summed E-state index contributed by atoms with van der Waals surface area (Å²) in [6.07, 6.45) is 1.23. The molecule has 2 N–H and O–H groups in total. The minimum atomic E-state index is -0.546. The number of non-ortho nitro benzene ring substituents is 1. The molecule has 1 amide bonds. The molecule has 0 aliphatic rings. The first-order valence-electron chi connectivity index (χ1n) is 7.53. The molecule has 0 saturated carbocycles. The Bertz CT molecular complexity index is 1030. The number of aromatic amines is 1. The van der Waals surface area contributed by atoms with Crippen LogP contribution in [-0.4, -0.2) is 27.2 Å². The summed E-state index contributed by atoms with van der Waals surface area (Å²) in [7, 11) is 0. The third-order valence-electron chi connectivity index (χ3n) is 3.52. The molecule has 3 aromatic rings. The second-order valence-corrected chi connectivity index (χ2v) is 6.18. The van der Waals surface area contributed by atoms with Gasteiger partial charge in [0.15, 0.2) is 0 Å². The molecule has 0 radical (unpaired) electrons. The number of carbonyl (C=O) groups is 1. The molecule has 0 fully saturated rings. The fraction of sp³-hybridized carbons (Fsp3) is 0. The van der Waals surface area contributed by atoms with Crippen molar-refractivity contribution in [2.24, 2.45) is 5.10 Å². The van der Waals surface area contributed by atoms with Gasteiger partial charge >= 0.3 is 0 Å². The predicted molar refractivity (Wildman–Crippen MR) is 102 cm³/mol. The lowest BCUT2D eigenvalue weighted by Gasteiger charge is -1.99. The molecule has 2 aromatic carbocycles. The van der Waals surface area contributed by atoms with Gasteiger partial charge in [0.1, 0.15) is 5.69 Å². The summed E-state index contributed by atoms with van der Waals surface area (Å²) in [6, 6.07) is 12.5. The third kappa shape index (κ3) is 4.49. The van der Waals surface area contributed by atoms with Crippen LogP contribution in [0.2, 0.25) is 10.0 Å². The summed E-state index contributed by atoms with van der Waals surface area (Å²) < 4.78 is 0. The van der Waals surface area contributed by atoms with Gasteiger partial charge in [-0.05, 0) is 24.3 Å². The molecule has 0 atom stereocenters. The number of amides is 1. The molecule has 1 heterocycles. The fourth-order valence-electron chi connectivity index (χ4n) is 2.17. The average molecular weight is 404 g/mol. The first-order valence-corrected chi connectivity index (χ1v) is 8.28. The maximum atomic E-state index is 12.1. The number of nitro benzene ring substituents is 1. The first-order chi connectivity index (χ1) is 12.9. The van der Waals surface area contributed by atoms with Crippen molar-refractivity contribution in [3.05, 3.63) is 79.9 Å². The lowest BCUT2D eigenvalue weighted by Crippen LogP contribution is -2.18. The van der Waals surface area contributed by atoms with Crippen molar-refractivity contribution in [3.63, 3.8) is 0 Å². The molecule has 0 bridgehead atoms. The molecule has 0 spiro atoms. The molecule has 0 saturated heterocycles. The quantitative estimate of drug-likeness (QED) is 0.379. The molecule has 3 rings (SSSR count). The summed E-state index contributed by atoms with van der Waals surface area (Å²) in [6.45, 7) is 0. The van der Waals surface area contributed by atoms with Crippen molar-refractivity contribution in [2.75, 3.05) is 0 Å². The topological polar surface area (TPSA) is 113 Å². The van der Waals surface area contributed by atoms with E-state index in [1.165, 1.54) is 24.4 Å². The van der Waals surface area contributed by atoms with Gasteiger partial charge in [0.05, 0.1) is 16.8 Å². The highest BCUT2D eigenvalue weighted by molar-refractivity contribution is 6.33. The van der Waals surface area contributed by atoms with E-state index in [1.54, 1.807) is 30.3 Å². The molecular weight excluding hydrogens is 393 g/mol. The number of H-pyrrole nitrogens is 1. The van der Waals surface area contributed by atoms with Crippen molar-refractivity contribution >= 4 is 41.0 Å². The van der Waals surface area contributed by atoms with E-state index in [4.69, 9.17) is 23.2 Å². The summed E-state index contributed by atoms with van der Waals surface area (Å²) in [5, 5.41) is 22.1. The maximum Gasteiger partial charge on any atom is 0.289 e. The number of carbonyl (C=O) groups excluding carboxylic acids is 1. The van der Waals surface area contributed by atoms with E-state index in [1.807, 2.05) is 0 Å². The van der Waals surface area contributed by atoms with E-state index in [0.29, 0.717) is 16.3 Å². The average Bonchev–Trinajstić information content (AvgIpc) is 3.14. The van der Waals surface area contributed by atoms with Crippen LogP contribution in [0.1, 0.15) is 16.1 Å². The van der Waals surface area contributed by atoms with Crippen molar-refractivity contribution in [1.29, 1.82) is 0 Å². The highest BCUT2D eigenvalue weighted by atomic mass is 35.5. The van der Waals surface area contributed by atoms with Crippen LogP contribution in [0.5, 0.6) is 0 Å². The van der Waals surface area contributed by atoms with Crippen molar-refractivity contribution in [1.82, 2.24) is 15.6 Å². The summed E-state index contributed by atoms with van der Waals surface area (Å²) in [5.74, 6) is -0.527. The molecule has 27 heavy (non-hydrogen) atoms. The Kier molecular flexibility index (Phi) is 5.49. The van der Waals surface area contributed by atoms with Gasteiger partial charge in [-0.25, -0.2) is 5.43 Å². The summed E-state index contributed by atoms with van der Waals surface area (Å²) in [4.78, 5) is 22.4.